The number of amides is 1. The molecule has 16 heavy (non-hydrogen) atoms. The highest BCUT2D eigenvalue weighted by Gasteiger charge is 2.26. The van der Waals surface area contributed by atoms with E-state index in [0.717, 1.165) is 0 Å². The van der Waals surface area contributed by atoms with Gasteiger partial charge in [0, 0.05) is 12.6 Å². The lowest BCUT2D eigenvalue weighted by molar-refractivity contribution is 0.0804. The van der Waals surface area contributed by atoms with Gasteiger partial charge in [0.1, 0.15) is 5.03 Å². The number of nitrogens with one attached hydrogen (secondary N) is 1. The third-order valence-corrected chi connectivity index (χ3v) is 3.40. The summed E-state index contributed by atoms with van der Waals surface area (Å²) in [4.78, 5) is 15.8. The summed E-state index contributed by atoms with van der Waals surface area (Å²) in [5.41, 5.74) is 0.558. The molecule has 0 aliphatic carbocycles. The molecule has 2 heterocycles. The predicted molar refractivity (Wildman–Crippen MR) is 59.1 cm³/mol. The van der Waals surface area contributed by atoms with E-state index in [1.165, 1.54) is 11.8 Å². The first-order chi connectivity index (χ1) is 7.70. The minimum atomic E-state index is -0.817. The monoisotopic (exact) mass is 240 g/mol. The zero-order chi connectivity index (χ0) is 11.5. The second-order valence-corrected chi connectivity index (χ2v) is 4.70. The first-order valence-electron chi connectivity index (χ1n) is 4.92. The van der Waals surface area contributed by atoms with Crippen molar-refractivity contribution in [3.8, 4) is 0 Å². The van der Waals surface area contributed by atoms with Crippen molar-refractivity contribution in [2.45, 2.75) is 22.9 Å². The van der Waals surface area contributed by atoms with E-state index >= 15 is 0 Å². The Kier molecular flexibility index (Phi) is 3.42. The number of aliphatic hydroxyl groups is 2. The lowest BCUT2D eigenvalue weighted by atomic mass is 10.2. The summed E-state index contributed by atoms with van der Waals surface area (Å²) >= 11 is 1.39. The van der Waals surface area contributed by atoms with E-state index in [4.69, 9.17) is 5.11 Å². The third kappa shape index (κ3) is 2.34. The van der Waals surface area contributed by atoms with Crippen molar-refractivity contribution in [1.29, 1.82) is 0 Å². The highest BCUT2D eigenvalue weighted by Crippen LogP contribution is 2.30. The fraction of sp³-hybridized carbons (Fsp3) is 0.400. The number of rotatable bonds is 3. The van der Waals surface area contributed by atoms with Crippen LogP contribution in [0, 0.1) is 0 Å². The van der Waals surface area contributed by atoms with Gasteiger partial charge in [0.25, 0.3) is 5.91 Å². The van der Waals surface area contributed by atoms with Crippen molar-refractivity contribution in [3.63, 3.8) is 0 Å². The van der Waals surface area contributed by atoms with Crippen LogP contribution in [0.2, 0.25) is 0 Å². The van der Waals surface area contributed by atoms with Crippen molar-refractivity contribution < 1.29 is 15.0 Å². The Morgan fingerprint density at radius 3 is 3.19 bits per heavy atom. The maximum atomic E-state index is 11.7. The van der Waals surface area contributed by atoms with Gasteiger partial charge in [-0.15, -0.1) is 0 Å². The van der Waals surface area contributed by atoms with Crippen molar-refractivity contribution in [2.24, 2.45) is 0 Å². The molecular weight excluding hydrogens is 228 g/mol. The van der Waals surface area contributed by atoms with Gasteiger partial charge in [-0.25, -0.2) is 4.98 Å². The summed E-state index contributed by atoms with van der Waals surface area (Å²) < 4.78 is 0. The summed E-state index contributed by atoms with van der Waals surface area (Å²) in [6.45, 7) is -0.304. The van der Waals surface area contributed by atoms with Gasteiger partial charge < -0.3 is 15.5 Å². The zero-order valence-electron chi connectivity index (χ0n) is 8.46. The second-order valence-electron chi connectivity index (χ2n) is 3.51. The molecule has 0 spiro atoms. The summed E-state index contributed by atoms with van der Waals surface area (Å²) in [5, 5.41) is 21.2. The SMILES string of the molecule is O=C1NC(CC(O)CO)Sc2ncccc21. The maximum absolute atomic E-state index is 11.7. The number of fused-ring (bicyclic) bond motifs is 1. The van der Waals surface area contributed by atoms with Gasteiger partial charge in [-0.2, -0.15) is 0 Å². The lowest BCUT2D eigenvalue weighted by Crippen LogP contribution is -2.39. The molecular formula is C10H12N2O3S. The average Bonchev–Trinajstić information content (AvgIpc) is 2.29. The Labute approximate surface area is 96.9 Å². The second kappa shape index (κ2) is 4.82. The zero-order valence-corrected chi connectivity index (χ0v) is 9.28. The summed E-state index contributed by atoms with van der Waals surface area (Å²) in [6, 6.07) is 3.42. The average molecular weight is 240 g/mol. The number of aromatic nitrogens is 1. The smallest absolute Gasteiger partial charge is 0.254 e. The molecule has 0 radical (unpaired) electrons. The number of pyridine rings is 1. The summed E-state index contributed by atoms with van der Waals surface area (Å²) in [5.74, 6) is -0.183. The Balaban J connectivity index is 2.12. The van der Waals surface area contributed by atoms with Crippen LogP contribution in [0.3, 0.4) is 0 Å². The highest BCUT2D eigenvalue weighted by atomic mass is 32.2. The van der Waals surface area contributed by atoms with Crippen molar-refractivity contribution in [2.75, 3.05) is 6.61 Å². The van der Waals surface area contributed by atoms with E-state index in [1.807, 2.05) is 0 Å². The molecule has 2 atom stereocenters. The lowest BCUT2D eigenvalue weighted by Gasteiger charge is -2.25. The number of aliphatic hydroxyl groups excluding tert-OH is 2. The number of carbonyl (C=O) groups excluding carboxylic acids is 1. The molecule has 0 saturated carbocycles. The van der Waals surface area contributed by atoms with Gasteiger partial charge in [0.2, 0.25) is 0 Å². The third-order valence-electron chi connectivity index (χ3n) is 2.26. The molecule has 1 aromatic heterocycles. The van der Waals surface area contributed by atoms with Gasteiger partial charge in [0.15, 0.2) is 0 Å². The van der Waals surface area contributed by atoms with E-state index in [2.05, 4.69) is 10.3 Å². The van der Waals surface area contributed by atoms with Crippen molar-refractivity contribution in [3.05, 3.63) is 23.9 Å². The molecule has 1 aliphatic rings. The van der Waals surface area contributed by atoms with Crippen LogP contribution in [-0.2, 0) is 0 Å². The number of carbonyl (C=O) groups is 1. The molecule has 0 bridgehead atoms. The molecule has 0 saturated heterocycles. The molecule has 5 nitrogen and oxygen atoms in total. The van der Waals surface area contributed by atoms with Crippen LogP contribution < -0.4 is 5.32 Å². The summed E-state index contributed by atoms with van der Waals surface area (Å²) in [7, 11) is 0. The minimum absolute atomic E-state index is 0.183. The molecule has 2 unspecified atom stereocenters. The fourth-order valence-electron chi connectivity index (χ4n) is 1.47. The first kappa shape index (κ1) is 11.4. The van der Waals surface area contributed by atoms with Gasteiger partial charge in [0.05, 0.1) is 23.6 Å². The van der Waals surface area contributed by atoms with E-state index in [9.17, 15) is 9.90 Å². The predicted octanol–water partition coefficient (Wildman–Crippen LogP) is -0.0135. The fourth-order valence-corrected chi connectivity index (χ4v) is 2.64. The van der Waals surface area contributed by atoms with Crippen LogP contribution in [0.1, 0.15) is 16.8 Å². The van der Waals surface area contributed by atoms with Crippen LogP contribution in [-0.4, -0.2) is 39.2 Å². The molecule has 0 fully saturated rings. The van der Waals surface area contributed by atoms with Crippen LogP contribution in [0.15, 0.2) is 23.4 Å². The molecule has 0 aromatic carbocycles. The van der Waals surface area contributed by atoms with Gasteiger partial charge in [-0.3, -0.25) is 4.79 Å². The van der Waals surface area contributed by atoms with Crippen LogP contribution >= 0.6 is 11.8 Å². The van der Waals surface area contributed by atoms with Crippen LogP contribution in [0.25, 0.3) is 0 Å². The first-order valence-corrected chi connectivity index (χ1v) is 5.80. The number of hydrogen-bond donors (Lipinski definition) is 3. The molecule has 1 amide bonds. The molecule has 6 heteroatoms. The minimum Gasteiger partial charge on any atom is -0.394 e. The molecule has 2 rings (SSSR count). The van der Waals surface area contributed by atoms with Crippen molar-refractivity contribution >= 4 is 17.7 Å². The largest absolute Gasteiger partial charge is 0.394 e. The Morgan fingerprint density at radius 1 is 1.62 bits per heavy atom. The highest BCUT2D eigenvalue weighted by molar-refractivity contribution is 8.00. The van der Waals surface area contributed by atoms with Crippen LogP contribution in [0.4, 0.5) is 0 Å². The number of hydrogen-bond acceptors (Lipinski definition) is 5. The normalized spacial score (nSPS) is 21.1. The Bertz CT molecular complexity index is 399. The topological polar surface area (TPSA) is 82.5 Å². The summed E-state index contributed by atoms with van der Waals surface area (Å²) in [6.07, 6.45) is 1.12. The number of nitrogens with zero attached hydrogens (tertiary/aromatic N) is 1. The Hall–Kier alpha value is -1.11. The van der Waals surface area contributed by atoms with E-state index in [1.54, 1.807) is 18.3 Å². The maximum Gasteiger partial charge on any atom is 0.254 e. The number of thioether (sulfide) groups is 1. The van der Waals surface area contributed by atoms with E-state index in [-0.39, 0.29) is 17.9 Å². The van der Waals surface area contributed by atoms with Crippen LogP contribution in [0.5, 0.6) is 0 Å². The van der Waals surface area contributed by atoms with E-state index < -0.39 is 6.10 Å². The van der Waals surface area contributed by atoms with Crippen molar-refractivity contribution in [1.82, 2.24) is 10.3 Å². The standard InChI is InChI=1S/C10H12N2O3S/c13-5-6(14)4-8-12-9(15)7-2-1-3-11-10(7)16-8/h1-3,6,8,13-14H,4-5H2,(H,12,15). The van der Waals surface area contributed by atoms with Gasteiger partial charge in [-0.1, -0.05) is 11.8 Å². The molecule has 86 valence electrons. The molecule has 3 N–H and O–H groups in total. The van der Waals surface area contributed by atoms with Gasteiger partial charge in [-0.05, 0) is 12.1 Å². The molecule has 1 aromatic rings. The molecule has 1 aliphatic heterocycles. The quantitative estimate of drug-likeness (QED) is 0.692. The van der Waals surface area contributed by atoms with Gasteiger partial charge >= 0.3 is 0 Å². The Morgan fingerprint density at radius 2 is 2.44 bits per heavy atom. The van der Waals surface area contributed by atoms with E-state index in [0.29, 0.717) is 17.0 Å².